The van der Waals surface area contributed by atoms with Gasteiger partial charge in [-0.05, 0) is 44.5 Å². The second kappa shape index (κ2) is 6.64. The fourth-order valence-corrected chi connectivity index (χ4v) is 2.33. The molecule has 0 aliphatic rings. The number of ether oxygens (including phenoxy) is 2. The minimum absolute atomic E-state index is 0.144. The second-order valence-corrected chi connectivity index (χ2v) is 5.46. The van der Waals surface area contributed by atoms with Crippen LogP contribution in [0.3, 0.4) is 0 Å². The molecule has 3 nitrogen and oxygen atoms in total. The lowest BCUT2D eigenvalue weighted by atomic mass is 9.97. The molecule has 1 atom stereocenters. The molecule has 0 amide bonds. The van der Waals surface area contributed by atoms with Gasteiger partial charge in [-0.2, -0.15) is 0 Å². The fourth-order valence-electron chi connectivity index (χ4n) is 2.33. The molecule has 3 heteroatoms. The van der Waals surface area contributed by atoms with Crippen LogP contribution in [0, 0.1) is 6.92 Å². The number of hydrogen-bond acceptors (Lipinski definition) is 3. The molecule has 2 aromatic rings. The van der Waals surface area contributed by atoms with E-state index >= 15 is 0 Å². The van der Waals surface area contributed by atoms with Crippen LogP contribution < -0.4 is 15.2 Å². The third kappa shape index (κ3) is 3.76. The van der Waals surface area contributed by atoms with Gasteiger partial charge >= 0.3 is 0 Å². The first-order chi connectivity index (χ1) is 10.0. The molecule has 0 fully saturated rings. The Labute approximate surface area is 126 Å². The number of methoxy groups -OCH3 is 1. The van der Waals surface area contributed by atoms with E-state index in [-0.39, 0.29) is 12.1 Å². The maximum atomic E-state index is 6.43. The van der Waals surface area contributed by atoms with Crippen LogP contribution in [0.1, 0.15) is 36.6 Å². The lowest BCUT2D eigenvalue weighted by Crippen LogP contribution is -2.14. The maximum Gasteiger partial charge on any atom is 0.123 e. The van der Waals surface area contributed by atoms with E-state index < -0.39 is 0 Å². The van der Waals surface area contributed by atoms with Gasteiger partial charge in [0.25, 0.3) is 0 Å². The van der Waals surface area contributed by atoms with Crippen LogP contribution in [0.5, 0.6) is 11.5 Å². The zero-order valence-corrected chi connectivity index (χ0v) is 13.1. The Bertz CT molecular complexity index is 608. The van der Waals surface area contributed by atoms with Gasteiger partial charge in [-0.1, -0.05) is 29.8 Å². The molecule has 0 aliphatic carbocycles. The molecule has 1 unspecified atom stereocenters. The smallest absolute Gasteiger partial charge is 0.123 e. The average molecular weight is 285 g/mol. The molecule has 112 valence electrons. The van der Waals surface area contributed by atoms with Crippen LogP contribution >= 0.6 is 0 Å². The lowest BCUT2D eigenvalue weighted by molar-refractivity contribution is 0.242. The highest BCUT2D eigenvalue weighted by atomic mass is 16.5. The van der Waals surface area contributed by atoms with Crippen molar-refractivity contribution in [3.05, 3.63) is 59.2 Å². The summed E-state index contributed by atoms with van der Waals surface area (Å²) in [7, 11) is 1.67. The summed E-state index contributed by atoms with van der Waals surface area (Å²) in [5.41, 5.74) is 9.59. The molecule has 0 spiro atoms. The first-order valence-electron chi connectivity index (χ1n) is 7.18. The number of nitrogens with two attached hydrogens (primary N) is 1. The Balaban J connectivity index is 2.35. The van der Waals surface area contributed by atoms with Gasteiger partial charge in [0.05, 0.1) is 19.3 Å². The Morgan fingerprint density at radius 3 is 2.48 bits per heavy atom. The van der Waals surface area contributed by atoms with E-state index in [0.29, 0.717) is 0 Å². The summed E-state index contributed by atoms with van der Waals surface area (Å²) in [4.78, 5) is 0. The topological polar surface area (TPSA) is 44.5 Å². The Morgan fingerprint density at radius 1 is 1.05 bits per heavy atom. The zero-order chi connectivity index (χ0) is 15.4. The van der Waals surface area contributed by atoms with Crippen LogP contribution in [0.4, 0.5) is 0 Å². The van der Waals surface area contributed by atoms with Gasteiger partial charge < -0.3 is 15.2 Å². The van der Waals surface area contributed by atoms with Crippen molar-refractivity contribution >= 4 is 0 Å². The Hall–Kier alpha value is -2.00. The van der Waals surface area contributed by atoms with E-state index in [1.165, 1.54) is 0 Å². The van der Waals surface area contributed by atoms with E-state index in [1.807, 2.05) is 57.2 Å². The number of hydrogen-bond donors (Lipinski definition) is 1. The van der Waals surface area contributed by atoms with Crippen molar-refractivity contribution < 1.29 is 9.47 Å². The van der Waals surface area contributed by atoms with Gasteiger partial charge in [0.1, 0.15) is 11.5 Å². The van der Waals surface area contributed by atoms with Gasteiger partial charge in [0, 0.05) is 5.56 Å². The first-order valence-corrected chi connectivity index (χ1v) is 7.18. The first kappa shape index (κ1) is 15.4. The highest BCUT2D eigenvalue weighted by Gasteiger charge is 2.15. The molecule has 0 aromatic heterocycles. The van der Waals surface area contributed by atoms with Crippen molar-refractivity contribution in [2.45, 2.75) is 32.9 Å². The Kier molecular flexibility index (Phi) is 4.86. The minimum atomic E-state index is -0.240. The van der Waals surface area contributed by atoms with Crippen molar-refractivity contribution in [3.63, 3.8) is 0 Å². The molecule has 0 aliphatic heterocycles. The zero-order valence-electron chi connectivity index (χ0n) is 13.1. The van der Waals surface area contributed by atoms with Crippen LogP contribution in [0.15, 0.2) is 42.5 Å². The summed E-state index contributed by atoms with van der Waals surface area (Å²) in [6.07, 6.45) is 0.144. The van der Waals surface area contributed by atoms with Crippen LogP contribution in [-0.2, 0) is 0 Å². The number of aryl methyl sites for hydroxylation is 1. The average Bonchev–Trinajstić information content (AvgIpc) is 2.46. The number of rotatable bonds is 5. The highest BCUT2D eigenvalue weighted by molar-refractivity contribution is 5.44. The highest BCUT2D eigenvalue weighted by Crippen LogP contribution is 2.30. The normalized spacial score (nSPS) is 12.3. The predicted octanol–water partition coefficient (Wildman–Crippen LogP) is 3.84. The molecule has 21 heavy (non-hydrogen) atoms. The summed E-state index contributed by atoms with van der Waals surface area (Å²) >= 11 is 0. The van der Waals surface area contributed by atoms with Crippen molar-refractivity contribution in [2.24, 2.45) is 5.73 Å². The molecule has 0 bridgehead atoms. The van der Waals surface area contributed by atoms with E-state index in [0.717, 1.165) is 28.2 Å². The maximum absolute atomic E-state index is 6.43. The summed E-state index contributed by atoms with van der Waals surface area (Å²) in [6, 6.07) is 13.7. The monoisotopic (exact) mass is 285 g/mol. The van der Waals surface area contributed by atoms with Gasteiger partial charge in [-0.15, -0.1) is 0 Å². The predicted molar refractivity (Wildman–Crippen MR) is 86.0 cm³/mol. The van der Waals surface area contributed by atoms with Crippen molar-refractivity contribution in [2.75, 3.05) is 7.11 Å². The van der Waals surface area contributed by atoms with Crippen molar-refractivity contribution in [1.29, 1.82) is 0 Å². The molecular weight excluding hydrogens is 262 g/mol. The largest absolute Gasteiger partial charge is 0.496 e. The molecule has 0 heterocycles. The van der Waals surface area contributed by atoms with Gasteiger partial charge in [0.2, 0.25) is 0 Å². The summed E-state index contributed by atoms with van der Waals surface area (Å²) < 4.78 is 11.2. The SMILES string of the molecule is COc1ccc(C)cc1C(N)c1cccc(OC(C)C)c1. The van der Waals surface area contributed by atoms with Crippen molar-refractivity contribution in [1.82, 2.24) is 0 Å². The standard InChI is InChI=1S/C18H23NO2/c1-12(2)21-15-7-5-6-14(11-15)18(19)16-10-13(3)8-9-17(16)20-4/h5-12,18H,19H2,1-4H3. The van der Waals surface area contributed by atoms with Gasteiger partial charge in [0.15, 0.2) is 0 Å². The van der Waals surface area contributed by atoms with E-state index in [2.05, 4.69) is 6.07 Å². The van der Waals surface area contributed by atoms with Crippen molar-refractivity contribution in [3.8, 4) is 11.5 Å². The van der Waals surface area contributed by atoms with E-state index in [1.54, 1.807) is 7.11 Å². The number of benzene rings is 2. The Morgan fingerprint density at radius 2 is 1.81 bits per heavy atom. The summed E-state index contributed by atoms with van der Waals surface area (Å²) in [6.45, 7) is 6.07. The minimum Gasteiger partial charge on any atom is -0.496 e. The molecule has 0 saturated carbocycles. The molecule has 2 rings (SSSR count). The second-order valence-electron chi connectivity index (χ2n) is 5.46. The molecule has 2 aromatic carbocycles. The molecular formula is C18H23NO2. The van der Waals surface area contributed by atoms with E-state index in [9.17, 15) is 0 Å². The summed E-state index contributed by atoms with van der Waals surface area (Å²) in [5.74, 6) is 1.65. The van der Waals surface area contributed by atoms with Gasteiger partial charge in [-0.25, -0.2) is 0 Å². The summed E-state index contributed by atoms with van der Waals surface area (Å²) in [5, 5.41) is 0. The van der Waals surface area contributed by atoms with E-state index in [4.69, 9.17) is 15.2 Å². The van der Waals surface area contributed by atoms with Gasteiger partial charge in [-0.3, -0.25) is 0 Å². The van der Waals surface area contributed by atoms with Crippen LogP contribution in [0.25, 0.3) is 0 Å². The molecule has 2 N–H and O–H groups in total. The van der Waals surface area contributed by atoms with Crippen LogP contribution in [0.2, 0.25) is 0 Å². The lowest BCUT2D eigenvalue weighted by Gasteiger charge is -2.18. The quantitative estimate of drug-likeness (QED) is 0.907. The third-order valence-corrected chi connectivity index (χ3v) is 3.31. The molecule has 0 radical (unpaired) electrons. The fraction of sp³-hybridized carbons (Fsp3) is 0.333. The molecule has 0 saturated heterocycles. The van der Waals surface area contributed by atoms with Crippen LogP contribution in [-0.4, -0.2) is 13.2 Å². The third-order valence-electron chi connectivity index (χ3n) is 3.31.